The van der Waals surface area contributed by atoms with Crippen molar-refractivity contribution < 1.29 is 13.5 Å². The van der Waals surface area contributed by atoms with E-state index in [9.17, 15) is 18.8 Å². The van der Waals surface area contributed by atoms with Crippen molar-refractivity contribution in [1.29, 1.82) is 5.26 Å². The van der Waals surface area contributed by atoms with Gasteiger partial charge in [0, 0.05) is 12.8 Å². The number of hydrogen-bond donors (Lipinski definition) is 1. The zero-order chi connectivity index (χ0) is 13.6. The van der Waals surface area contributed by atoms with Crippen LogP contribution in [-0.4, -0.2) is 24.4 Å². The van der Waals surface area contributed by atoms with Gasteiger partial charge >= 0.3 is 0 Å². The standard InChI is InChI=1S/C13H15NO3S/c1-9-3-4-10(2)12(5-9)18(16,17)13(8-14)6-11(15)7-13/h3-5,11,15H,6-7H2,1-2H3. The predicted molar refractivity (Wildman–Crippen MR) is 66.7 cm³/mol. The molecule has 2 rings (SSSR count). The molecule has 0 unspecified atom stereocenters. The van der Waals surface area contributed by atoms with Crippen molar-refractivity contribution in [2.45, 2.75) is 42.4 Å². The summed E-state index contributed by atoms with van der Waals surface area (Å²) in [6.45, 7) is 3.53. The molecule has 0 aromatic heterocycles. The molecule has 1 aliphatic rings. The van der Waals surface area contributed by atoms with Crippen molar-refractivity contribution in [1.82, 2.24) is 0 Å². The molecule has 96 valence electrons. The average Bonchev–Trinajstić information content (AvgIpc) is 2.27. The van der Waals surface area contributed by atoms with Gasteiger partial charge in [0.25, 0.3) is 0 Å². The van der Waals surface area contributed by atoms with Crippen molar-refractivity contribution in [3.05, 3.63) is 29.3 Å². The maximum atomic E-state index is 12.6. The Balaban J connectivity index is 2.56. The van der Waals surface area contributed by atoms with Gasteiger partial charge in [-0.15, -0.1) is 0 Å². The number of nitrogens with zero attached hydrogens (tertiary/aromatic N) is 1. The minimum atomic E-state index is -3.72. The van der Waals surface area contributed by atoms with Crippen LogP contribution in [0.3, 0.4) is 0 Å². The third-order valence-electron chi connectivity index (χ3n) is 3.48. The quantitative estimate of drug-likeness (QED) is 0.878. The Hall–Kier alpha value is -1.38. The van der Waals surface area contributed by atoms with E-state index in [0.29, 0.717) is 5.56 Å². The van der Waals surface area contributed by atoms with Crippen molar-refractivity contribution in [2.24, 2.45) is 0 Å². The summed E-state index contributed by atoms with van der Waals surface area (Å²) < 4.78 is 23.7. The number of aryl methyl sites for hydroxylation is 2. The first-order valence-corrected chi connectivity index (χ1v) is 7.22. The lowest BCUT2D eigenvalue weighted by molar-refractivity contribution is 0.0764. The van der Waals surface area contributed by atoms with Crippen molar-refractivity contribution in [3.8, 4) is 6.07 Å². The van der Waals surface area contributed by atoms with Crippen LogP contribution in [0.1, 0.15) is 24.0 Å². The Bertz CT molecular complexity index is 622. The van der Waals surface area contributed by atoms with Gasteiger partial charge in [0.1, 0.15) is 0 Å². The van der Waals surface area contributed by atoms with E-state index >= 15 is 0 Å². The van der Waals surface area contributed by atoms with Crippen LogP contribution in [0.15, 0.2) is 23.1 Å². The van der Waals surface area contributed by atoms with E-state index in [1.807, 2.05) is 19.1 Å². The molecule has 1 aromatic carbocycles. The predicted octanol–water partition coefficient (Wildman–Crippen LogP) is 1.49. The SMILES string of the molecule is Cc1ccc(C)c(S(=O)(=O)C2(C#N)CC(O)C2)c1. The number of aliphatic hydroxyl groups is 1. The summed E-state index contributed by atoms with van der Waals surface area (Å²) >= 11 is 0. The van der Waals surface area contributed by atoms with Gasteiger partial charge in [0.15, 0.2) is 14.6 Å². The van der Waals surface area contributed by atoms with E-state index in [1.165, 1.54) is 0 Å². The average molecular weight is 265 g/mol. The fourth-order valence-electron chi connectivity index (χ4n) is 2.28. The lowest BCUT2D eigenvalue weighted by Crippen LogP contribution is -2.52. The molecule has 0 spiro atoms. The Morgan fingerprint density at radius 1 is 1.39 bits per heavy atom. The molecule has 0 atom stereocenters. The van der Waals surface area contributed by atoms with E-state index in [2.05, 4.69) is 0 Å². The van der Waals surface area contributed by atoms with Crippen LogP contribution in [0.25, 0.3) is 0 Å². The summed E-state index contributed by atoms with van der Waals surface area (Å²) in [4.78, 5) is 0.205. The summed E-state index contributed by atoms with van der Waals surface area (Å²) in [7, 11) is -3.72. The molecule has 0 amide bonds. The van der Waals surface area contributed by atoms with Gasteiger partial charge in [-0.1, -0.05) is 12.1 Å². The zero-order valence-corrected chi connectivity index (χ0v) is 11.2. The van der Waals surface area contributed by atoms with Crippen LogP contribution < -0.4 is 0 Å². The minimum Gasteiger partial charge on any atom is -0.393 e. The zero-order valence-electron chi connectivity index (χ0n) is 10.3. The highest BCUT2D eigenvalue weighted by molar-refractivity contribution is 7.93. The molecule has 0 heterocycles. The lowest BCUT2D eigenvalue weighted by Gasteiger charge is -2.38. The molecule has 1 N–H and O–H groups in total. The molecule has 1 fully saturated rings. The smallest absolute Gasteiger partial charge is 0.197 e. The summed E-state index contributed by atoms with van der Waals surface area (Å²) in [5, 5.41) is 18.5. The number of nitriles is 1. The number of sulfone groups is 1. The van der Waals surface area contributed by atoms with Crippen LogP contribution in [0.5, 0.6) is 0 Å². The van der Waals surface area contributed by atoms with E-state index in [1.54, 1.807) is 19.1 Å². The van der Waals surface area contributed by atoms with E-state index in [-0.39, 0.29) is 17.7 Å². The maximum Gasteiger partial charge on any atom is 0.197 e. The second-order valence-electron chi connectivity index (χ2n) is 4.94. The third kappa shape index (κ3) is 1.73. The number of aliphatic hydroxyl groups excluding tert-OH is 1. The fraction of sp³-hybridized carbons (Fsp3) is 0.462. The highest BCUT2D eigenvalue weighted by Crippen LogP contribution is 2.43. The molecule has 0 radical (unpaired) electrons. The highest BCUT2D eigenvalue weighted by Gasteiger charge is 2.55. The second kappa shape index (κ2) is 4.08. The van der Waals surface area contributed by atoms with E-state index in [0.717, 1.165) is 5.56 Å². The molecule has 0 saturated heterocycles. The van der Waals surface area contributed by atoms with Gasteiger partial charge in [-0.3, -0.25) is 0 Å². The minimum absolute atomic E-state index is 0.000779. The van der Waals surface area contributed by atoms with Crippen LogP contribution in [0.2, 0.25) is 0 Å². The third-order valence-corrected chi connectivity index (χ3v) is 5.95. The largest absolute Gasteiger partial charge is 0.393 e. The first kappa shape index (κ1) is 13.1. The molecule has 0 bridgehead atoms. The first-order valence-electron chi connectivity index (χ1n) is 5.74. The number of rotatable bonds is 2. The molecule has 0 aliphatic heterocycles. The van der Waals surface area contributed by atoms with Crippen LogP contribution >= 0.6 is 0 Å². The van der Waals surface area contributed by atoms with Crippen molar-refractivity contribution >= 4 is 9.84 Å². The molecular weight excluding hydrogens is 250 g/mol. The Morgan fingerprint density at radius 2 is 2.00 bits per heavy atom. The Morgan fingerprint density at radius 3 is 2.50 bits per heavy atom. The molecular formula is C13H15NO3S. The first-order chi connectivity index (χ1) is 8.32. The normalized spacial score (nSPS) is 27.3. The van der Waals surface area contributed by atoms with Gasteiger partial charge < -0.3 is 5.11 Å². The highest BCUT2D eigenvalue weighted by atomic mass is 32.2. The van der Waals surface area contributed by atoms with Crippen LogP contribution in [0.4, 0.5) is 0 Å². The van der Waals surface area contributed by atoms with Crippen LogP contribution in [0, 0.1) is 25.2 Å². The topological polar surface area (TPSA) is 78.2 Å². The summed E-state index contributed by atoms with van der Waals surface area (Å²) in [5.41, 5.74) is 1.48. The Kier molecular flexibility index (Phi) is 2.96. The monoisotopic (exact) mass is 265 g/mol. The number of benzene rings is 1. The molecule has 1 aliphatic carbocycles. The van der Waals surface area contributed by atoms with Crippen molar-refractivity contribution in [2.75, 3.05) is 0 Å². The summed E-state index contributed by atoms with van der Waals surface area (Å²) in [6.07, 6.45) is -0.692. The van der Waals surface area contributed by atoms with E-state index < -0.39 is 20.7 Å². The van der Waals surface area contributed by atoms with Crippen molar-refractivity contribution in [3.63, 3.8) is 0 Å². The van der Waals surface area contributed by atoms with Gasteiger partial charge in [0.2, 0.25) is 0 Å². The summed E-state index contributed by atoms with van der Waals surface area (Å²) in [5.74, 6) is 0. The Labute approximate surface area is 107 Å². The van der Waals surface area contributed by atoms with E-state index in [4.69, 9.17) is 0 Å². The van der Waals surface area contributed by atoms with Gasteiger partial charge in [0.05, 0.1) is 17.1 Å². The lowest BCUT2D eigenvalue weighted by atomic mass is 9.82. The molecule has 5 heteroatoms. The molecule has 18 heavy (non-hydrogen) atoms. The molecule has 4 nitrogen and oxygen atoms in total. The second-order valence-corrected chi connectivity index (χ2v) is 7.17. The molecule has 1 saturated carbocycles. The van der Waals surface area contributed by atoms with Gasteiger partial charge in [-0.25, -0.2) is 8.42 Å². The fourth-order valence-corrected chi connectivity index (χ4v) is 4.48. The van der Waals surface area contributed by atoms with Gasteiger partial charge in [-0.2, -0.15) is 5.26 Å². The molecule has 1 aromatic rings. The van der Waals surface area contributed by atoms with Gasteiger partial charge in [-0.05, 0) is 31.0 Å². The number of hydrogen-bond acceptors (Lipinski definition) is 4. The maximum absolute atomic E-state index is 12.6. The van der Waals surface area contributed by atoms with Crippen LogP contribution in [-0.2, 0) is 9.84 Å². The summed E-state index contributed by atoms with van der Waals surface area (Å²) in [6, 6.07) is 7.05.